The number of thioether (sulfide) groups is 1. The van der Waals surface area contributed by atoms with Gasteiger partial charge in [0.1, 0.15) is 0 Å². The number of hydrogen-bond donors (Lipinski definition) is 0. The molecule has 0 saturated heterocycles. The smallest absolute Gasteiger partial charge is 0.411 e. The van der Waals surface area contributed by atoms with Gasteiger partial charge in [0.15, 0.2) is 5.69 Å². The molecule has 0 spiro atoms. The highest BCUT2D eigenvalue weighted by molar-refractivity contribution is 7.98. The zero-order chi connectivity index (χ0) is 12.6. The summed E-state index contributed by atoms with van der Waals surface area (Å²) in [6.07, 6.45) is -1.78. The first-order chi connectivity index (χ1) is 7.93. The predicted octanol–water partition coefficient (Wildman–Crippen LogP) is 2.21. The molecule has 9 heteroatoms. The van der Waals surface area contributed by atoms with Crippen molar-refractivity contribution in [3.63, 3.8) is 0 Å². The fraction of sp³-hybridized carbons (Fsp3) is 0.375. The van der Waals surface area contributed by atoms with E-state index in [0.717, 1.165) is 22.6 Å². The molecular weight excluding hydrogens is 257 g/mol. The summed E-state index contributed by atoms with van der Waals surface area (Å²) < 4.78 is 44.1. The second-order valence-corrected chi connectivity index (χ2v) is 3.86. The monoisotopic (exact) mass is 264 g/mol. The molecule has 0 aliphatic carbocycles. The summed E-state index contributed by atoms with van der Waals surface area (Å²) in [6, 6.07) is 0. The molecule has 0 unspecified atom stereocenters. The van der Waals surface area contributed by atoms with Gasteiger partial charge in [-0.15, -0.1) is 10.2 Å². The second kappa shape index (κ2) is 4.06. The van der Waals surface area contributed by atoms with Crippen molar-refractivity contribution in [3.8, 4) is 11.5 Å². The van der Waals surface area contributed by atoms with E-state index >= 15 is 0 Å². The van der Waals surface area contributed by atoms with Crippen LogP contribution in [0.15, 0.2) is 15.8 Å². The molecule has 0 N–H and O–H groups in total. The lowest BCUT2D eigenvalue weighted by molar-refractivity contribution is -0.143. The summed E-state index contributed by atoms with van der Waals surface area (Å²) in [5.41, 5.74) is -1.12. The summed E-state index contributed by atoms with van der Waals surface area (Å²) in [5.74, 6) is -0.185. The van der Waals surface area contributed by atoms with E-state index in [0.29, 0.717) is 0 Å². The minimum atomic E-state index is -4.52. The van der Waals surface area contributed by atoms with Gasteiger partial charge in [0, 0.05) is 7.05 Å². The van der Waals surface area contributed by atoms with Gasteiger partial charge in [-0.1, -0.05) is 11.8 Å². The first kappa shape index (κ1) is 12.0. The minimum absolute atomic E-state index is 0.185. The fourth-order valence-electron chi connectivity index (χ4n) is 1.33. The number of aryl methyl sites for hydroxylation is 1. The highest BCUT2D eigenvalue weighted by atomic mass is 32.2. The maximum Gasteiger partial charge on any atom is 0.433 e. The number of alkyl halides is 3. The molecule has 2 rings (SSSR count). The molecule has 17 heavy (non-hydrogen) atoms. The van der Waals surface area contributed by atoms with E-state index in [2.05, 4.69) is 15.3 Å². The zero-order valence-electron chi connectivity index (χ0n) is 8.82. The van der Waals surface area contributed by atoms with Gasteiger partial charge in [-0.2, -0.15) is 18.3 Å². The quantitative estimate of drug-likeness (QED) is 0.778. The number of nitrogens with zero attached hydrogens (tertiary/aromatic N) is 4. The van der Waals surface area contributed by atoms with E-state index in [9.17, 15) is 13.2 Å². The number of halogens is 3. The van der Waals surface area contributed by atoms with Crippen molar-refractivity contribution >= 4 is 11.8 Å². The van der Waals surface area contributed by atoms with Crippen LogP contribution in [-0.4, -0.2) is 26.2 Å². The maximum absolute atomic E-state index is 12.8. The lowest BCUT2D eigenvalue weighted by atomic mass is 10.2. The molecule has 0 radical (unpaired) electrons. The standard InChI is InChI=1S/C8H7F3N4OS/c1-15-5(8(9,10)11)4(3-12-15)6-13-14-7(16-6)17-2/h3H,1-2H3. The molecule has 0 bridgehead atoms. The van der Waals surface area contributed by atoms with Crippen LogP contribution in [0.5, 0.6) is 0 Å². The second-order valence-electron chi connectivity index (χ2n) is 3.11. The third-order valence-corrected chi connectivity index (χ3v) is 2.53. The van der Waals surface area contributed by atoms with Gasteiger partial charge in [0.25, 0.3) is 11.1 Å². The number of rotatable bonds is 2. The van der Waals surface area contributed by atoms with Crippen LogP contribution < -0.4 is 0 Å². The molecule has 2 aromatic heterocycles. The Morgan fingerprint density at radius 3 is 2.59 bits per heavy atom. The zero-order valence-corrected chi connectivity index (χ0v) is 9.63. The highest BCUT2D eigenvalue weighted by Gasteiger charge is 2.39. The van der Waals surface area contributed by atoms with Crippen molar-refractivity contribution in [2.24, 2.45) is 7.05 Å². The molecule has 2 heterocycles. The van der Waals surface area contributed by atoms with Gasteiger partial charge in [-0.05, 0) is 6.26 Å². The third kappa shape index (κ3) is 2.14. The molecule has 0 amide bonds. The average molecular weight is 264 g/mol. The van der Waals surface area contributed by atoms with Crippen molar-refractivity contribution in [2.75, 3.05) is 6.26 Å². The van der Waals surface area contributed by atoms with E-state index in [1.165, 1.54) is 7.05 Å². The highest BCUT2D eigenvalue weighted by Crippen LogP contribution is 2.36. The van der Waals surface area contributed by atoms with Gasteiger partial charge in [-0.25, -0.2) is 0 Å². The van der Waals surface area contributed by atoms with Crippen LogP contribution in [0.2, 0.25) is 0 Å². The van der Waals surface area contributed by atoms with Crippen LogP contribution >= 0.6 is 11.8 Å². The lowest BCUT2D eigenvalue weighted by Crippen LogP contribution is -2.13. The Morgan fingerprint density at radius 1 is 1.35 bits per heavy atom. The van der Waals surface area contributed by atoms with Crippen LogP contribution in [0.3, 0.4) is 0 Å². The van der Waals surface area contributed by atoms with Gasteiger partial charge >= 0.3 is 6.18 Å². The summed E-state index contributed by atoms with van der Waals surface area (Å²) in [6.45, 7) is 0. The maximum atomic E-state index is 12.8. The Labute approximate surface area is 98.0 Å². The van der Waals surface area contributed by atoms with E-state index in [1.807, 2.05) is 0 Å². The number of aromatic nitrogens is 4. The molecule has 5 nitrogen and oxygen atoms in total. The molecule has 0 aromatic carbocycles. The summed E-state index contributed by atoms with van der Waals surface area (Å²) in [7, 11) is 1.21. The molecular formula is C8H7F3N4OS. The van der Waals surface area contributed by atoms with Crippen LogP contribution in [0, 0.1) is 0 Å². The average Bonchev–Trinajstić information content (AvgIpc) is 2.81. The third-order valence-electron chi connectivity index (χ3n) is 2.02. The summed E-state index contributed by atoms with van der Waals surface area (Å²) in [5, 5.41) is 10.9. The predicted molar refractivity (Wildman–Crippen MR) is 53.3 cm³/mol. The Bertz CT molecular complexity index is 533. The van der Waals surface area contributed by atoms with E-state index < -0.39 is 11.9 Å². The van der Waals surface area contributed by atoms with Crippen LogP contribution in [0.25, 0.3) is 11.5 Å². The lowest BCUT2D eigenvalue weighted by Gasteiger charge is -2.07. The molecule has 0 atom stereocenters. The Balaban J connectivity index is 2.53. The van der Waals surface area contributed by atoms with Crippen LogP contribution in [0.4, 0.5) is 13.2 Å². The van der Waals surface area contributed by atoms with Crippen molar-refractivity contribution in [3.05, 3.63) is 11.9 Å². The normalized spacial score (nSPS) is 12.1. The van der Waals surface area contributed by atoms with Gasteiger partial charge in [0.2, 0.25) is 0 Å². The molecule has 92 valence electrons. The molecule has 2 aromatic rings. The van der Waals surface area contributed by atoms with Crippen molar-refractivity contribution in [1.29, 1.82) is 0 Å². The minimum Gasteiger partial charge on any atom is -0.411 e. The largest absolute Gasteiger partial charge is 0.433 e. The van der Waals surface area contributed by atoms with Crippen molar-refractivity contribution < 1.29 is 17.6 Å². The Morgan fingerprint density at radius 2 is 2.06 bits per heavy atom. The Kier molecular flexibility index (Phi) is 2.86. The SMILES string of the molecule is CSc1nnc(-c2cnn(C)c2C(F)(F)F)o1. The van der Waals surface area contributed by atoms with Crippen molar-refractivity contribution in [1.82, 2.24) is 20.0 Å². The number of hydrogen-bond acceptors (Lipinski definition) is 5. The first-order valence-corrected chi connectivity index (χ1v) is 5.63. The molecule has 0 saturated carbocycles. The summed E-state index contributed by atoms with van der Waals surface area (Å²) in [4.78, 5) is 0. The van der Waals surface area contributed by atoms with Crippen LogP contribution in [-0.2, 0) is 13.2 Å². The van der Waals surface area contributed by atoms with E-state index in [1.54, 1.807) is 6.26 Å². The van der Waals surface area contributed by atoms with Crippen LogP contribution in [0.1, 0.15) is 5.69 Å². The van der Waals surface area contributed by atoms with E-state index in [4.69, 9.17) is 4.42 Å². The summed E-state index contributed by atoms with van der Waals surface area (Å²) >= 11 is 1.16. The molecule has 0 aliphatic heterocycles. The fourth-order valence-corrected chi connectivity index (χ4v) is 1.62. The van der Waals surface area contributed by atoms with Gasteiger partial charge < -0.3 is 4.42 Å². The van der Waals surface area contributed by atoms with E-state index in [-0.39, 0.29) is 16.7 Å². The molecule has 0 fully saturated rings. The molecule has 0 aliphatic rings. The first-order valence-electron chi connectivity index (χ1n) is 4.40. The van der Waals surface area contributed by atoms with Crippen molar-refractivity contribution in [2.45, 2.75) is 11.4 Å². The Hall–Kier alpha value is -1.51. The topological polar surface area (TPSA) is 56.7 Å². The van der Waals surface area contributed by atoms with Gasteiger partial charge in [0.05, 0.1) is 11.8 Å². The van der Waals surface area contributed by atoms with Gasteiger partial charge in [-0.3, -0.25) is 4.68 Å².